The van der Waals surface area contributed by atoms with E-state index in [0.717, 1.165) is 17.0 Å². The number of thiophene rings is 1. The summed E-state index contributed by atoms with van der Waals surface area (Å²) in [5.41, 5.74) is 1.12. The first kappa shape index (κ1) is 12.2. The third-order valence-corrected chi connectivity index (χ3v) is 3.61. The Hall–Kier alpha value is -0.870. The van der Waals surface area contributed by atoms with E-state index in [1.807, 2.05) is 14.0 Å². The molecule has 84 valence electrons. The molecule has 1 aromatic rings. The molecule has 0 atom stereocenters. The molecule has 1 N–H and O–H groups in total. The van der Waals surface area contributed by atoms with E-state index in [-0.39, 0.29) is 0 Å². The van der Waals surface area contributed by atoms with Gasteiger partial charge in [-0.25, -0.2) is 4.79 Å². The predicted molar refractivity (Wildman–Crippen MR) is 62.6 cm³/mol. The summed E-state index contributed by atoms with van der Waals surface area (Å²) < 4.78 is 0. The van der Waals surface area contributed by atoms with E-state index in [0.29, 0.717) is 10.9 Å². The van der Waals surface area contributed by atoms with Gasteiger partial charge in [0.1, 0.15) is 4.88 Å². The first-order valence-electron chi connectivity index (χ1n) is 4.94. The first-order valence-corrected chi connectivity index (χ1v) is 5.76. The average Bonchev–Trinajstić information content (AvgIpc) is 2.47. The number of hydrogen-bond donors (Lipinski definition) is 1. The highest BCUT2D eigenvalue weighted by molar-refractivity contribution is 7.14. The van der Waals surface area contributed by atoms with E-state index in [4.69, 9.17) is 5.11 Å². The highest BCUT2D eigenvalue weighted by atomic mass is 32.1. The molecule has 0 unspecified atom stereocenters. The maximum atomic E-state index is 10.8. The second kappa shape index (κ2) is 4.77. The van der Waals surface area contributed by atoms with Crippen molar-refractivity contribution in [1.82, 2.24) is 4.90 Å². The lowest BCUT2D eigenvalue weighted by Crippen LogP contribution is -2.25. The zero-order valence-electron chi connectivity index (χ0n) is 9.57. The topological polar surface area (TPSA) is 40.5 Å². The molecule has 1 rings (SSSR count). The van der Waals surface area contributed by atoms with Crippen LogP contribution in [0.1, 0.15) is 34.0 Å². The molecule has 1 aromatic heterocycles. The number of nitrogens with zero attached hydrogens (tertiary/aromatic N) is 1. The third kappa shape index (κ3) is 3.04. The fourth-order valence-electron chi connectivity index (χ4n) is 1.23. The van der Waals surface area contributed by atoms with Gasteiger partial charge in [-0.05, 0) is 39.4 Å². The molecule has 0 aliphatic carbocycles. The fraction of sp³-hybridized carbons (Fsp3) is 0.545. The van der Waals surface area contributed by atoms with Gasteiger partial charge in [0.25, 0.3) is 0 Å². The van der Waals surface area contributed by atoms with E-state index in [1.54, 1.807) is 6.07 Å². The third-order valence-electron chi connectivity index (χ3n) is 2.53. The van der Waals surface area contributed by atoms with Gasteiger partial charge in [-0.15, -0.1) is 11.3 Å². The van der Waals surface area contributed by atoms with Crippen LogP contribution in [0.25, 0.3) is 0 Å². The number of aryl methyl sites for hydroxylation is 1. The molecule has 0 spiro atoms. The number of carboxylic acids is 1. The van der Waals surface area contributed by atoms with Crippen LogP contribution in [0.15, 0.2) is 6.07 Å². The maximum Gasteiger partial charge on any atom is 0.345 e. The van der Waals surface area contributed by atoms with Gasteiger partial charge in [-0.1, -0.05) is 0 Å². The minimum absolute atomic E-state index is 0.430. The van der Waals surface area contributed by atoms with E-state index in [1.165, 1.54) is 11.3 Å². The van der Waals surface area contributed by atoms with Crippen LogP contribution in [0.3, 0.4) is 0 Å². The summed E-state index contributed by atoms with van der Waals surface area (Å²) in [4.78, 5) is 14.5. The minimum Gasteiger partial charge on any atom is -0.477 e. The highest BCUT2D eigenvalue weighted by Gasteiger charge is 2.13. The largest absolute Gasteiger partial charge is 0.477 e. The molecule has 0 saturated heterocycles. The van der Waals surface area contributed by atoms with Gasteiger partial charge in [0.15, 0.2) is 0 Å². The molecule has 0 radical (unpaired) electrons. The molecule has 0 saturated carbocycles. The molecule has 0 aromatic carbocycles. The van der Waals surface area contributed by atoms with Crippen LogP contribution in [0.2, 0.25) is 0 Å². The van der Waals surface area contributed by atoms with E-state index >= 15 is 0 Å². The zero-order chi connectivity index (χ0) is 11.6. The van der Waals surface area contributed by atoms with Crippen LogP contribution in [0.5, 0.6) is 0 Å². The number of carbonyl (C=O) groups is 1. The smallest absolute Gasteiger partial charge is 0.345 e. The summed E-state index contributed by atoms with van der Waals surface area (Å²) in [5, 5.41) is 8.86. The average molecular weight is 227 g/mol. The molecule has 0 bridgehead atoms. The first-order chi connectivity index (χ1) is 6.91. The summed E-state index contributed by atoms with van der Waals surface area (Å²) >= 11 is 1.35. The molecule has 0 aliphatic rings. The Morgan fingerprint density at radius 1 is 1.60 bits per heavy atom. The van der Waals surface area contributed by atoms with E-state index in [2.05, 4.69) is 18.7 Å². The van der Waals surface area contributed by atoms with Gasteiger partial charge in [0, 0.05) is 17.5 Å². The Morgan fingerprint density at radius 2 is 2.20 bits per heavy atom. The van der Waals surface area contributed by atoms with Crippen LogP contribution in [-0.2, 0) is 6.54 Å². The molecular formula is C11H17NO2S. The molecule has 0 amide bonds. The molecule has 4 heteroatoms. The Morgan fingerprint density at radius 3 is 2.60 bits per heavy atom. The molecule has 3 nitrogen and oxygen atoms in total. The van der Waals surface area contributed by atoms with Crippen molar-refractivity contribution in [2.45, 2.75) is 33.4 Å². The molecule has 15 heavy (non-hydrogen) atoms. The Labute approximate surface area is 94.3 Å². The number of aromatic carboxylic acids is 1. The summed E-state index contributed by atoms with van der Waals surface area (Å²) in [6.45, 7) is 7.04. The van der Waals surface area contributed by atoms with Crippen LogP contribution in [0.4, 0.5) is 0 Å². The van der Waals surface area contributed by atoms with Gasteiger partial charge in [0.05, 0.1) is 0 Å². The van der Waals surface area contributed by atoms with Crippen molar-refractivity contribution in [2.24, 2.45) is 0 Å². The SMILES string of the molecule is Cc1sc(C(=O)O)cc1CN(C)C(C)C. The molecule has 0 aliphatic heterocycles. The van der Waals surface area contributed by atoms with Crippen molar-refractivity contribution in [2.75, 3.05) is 7.05 Å². The van der Waals surface area contributed by atoms with Gasteiger partial charge in [-0.3, -0.25) is 4.90 Å². The van der Waals surface area contributed by atoms with Gasteiger partial charge in [0.2, 0.25) is 0 Å². The van der Waals surface area contributed by atoms with Crippen molar-refractivity contribution in [3.63, 3.8) is 0 Å². The molecule has 1 heterocycles. The van der Waals surface area contributed by atoms with Crippen LogP contribution in [0, 0.1) is 6.92 Å². The fourth-order valence-corrected chi connectivity index (χ4v) is 2.11. The lowest BCUT2D eigenvalue weighted by molar-refractivity contribution is 0.0702. The summed E-state index contributed by atoms with van der Waals surface area (Å²) in [7, 11) is 2.04. The Kier molecular flexibility index (Phi) is 3.88. The normalized spacial score (nSPS) is 11.3. The van der Waals surface area contributed by atoms with Crippen molar-refractivity contribution >= 4 is 17.3 Å². The van der Waals surface area contributed by atoms with Gasteiger partial charge >= 0.3 is 5.97 Å². The quantitative estimate of drug-likeness (QED) is 0.859. The number of rotatable bonds is 4. The second-order valence-electron chi connectivity index (χ2n) is 4.01. The lowest BCUT2D eigenvalue weighted by Gasteiger charge is -2.20. The number of hydrogen-bond acceptors (Lipinski definition) is 3. The standard InChI is InChI=1S/C11H17NO2S/c1-7(2)12(4)6-9-5-10(11(13)14)15-8(9)3/h5,7H,6H2,1-4H3,(H,13,14). The lowest BCUT2D eigenvalue weighted by atomic mass is 10.2. The monoisotopic (exact) mass is 227 g/mol. The van der Waals surface area contributed by atoms with Crippen molar-refractivity contribution in [3.8, 4) is 0 Å². The van der Waals surface area contributed by atoms with Crippen molar-refractivity contribution in [3.05, 3.63) is 21.4 Å². The second-order valence-corrected chi connectivity index (χ2v) is 5.26. The molecular weight excluding hydrogens is 210 g/mol. The van der Waals surface area contributed by atoms with Gasteiger partial charge < -0.3 is 5.11 Å². The maximum absolute atomic E-state index is 10.8. The number of carboxylic acid groups (broad SMARTS) is 1. The van der Waals surface area contributed by atoms with E-state index < -0.39 is 5.97 Å². The van der Waals surface area contributed by atoms with Crippen molar-refractivity contribution in [1.29, 1.82) is 0 Å². The highest BCUT2D eigenvalue weighted by Crippen LogP contribution is 2.23. The van der Waals surface area contributed by atoms with Crippen LogP contribution < -0.4 is 0 Å². The molecule has 0 fully saturated rings. The Bertz CT molecular complexity index is 357. The summed E-state index contributed by atoms with van der Waals surface area (Å²) in [6.07, 6.45) is 0. The zero-order valence-corrected chi connectivity index (χ0v) is 10.4. The minimum atomic E-state index is -0.832. The summed E-state index contributed by atoms with van der Waals surface area (Å²) in [5.74, 6) is -0.832. The van der Waals surface area contributed by atoms with E-state index in [9.17, 15) is 4.79 Å². The van der Waals surface area contributed by atoms with Gasteiger partial charge in [-0.2, -0.15) is 0 Å². The van der Waals surface area contributed by atoms with Crippen molar-refractivity contribution < 1.29 is 9.90 Å². The van der Waals surface area contributed by atoms with Crippen LogP contribution >= 0.6 is 11.3 Å². The van der Waals surface area contributed by atoms with Crippen LogP contribution in [-0.4, -0.2) is 29.1 Å². The summed E-state index contributed by atoms with van der Waals surface area (Å²) in [6, 6.07) is 2.25. The predicted octanol–water partition coefficient (Wildman–Crippen LogP) is 2.59. The Balaban J connectivity index is 2.82.